The summed E-state index contributed by atoms with van der Waals surface area (Å²) in [5.74, 6) is 1.23. The van der Waals surface area contributed by atoms with Crippen molar-refractivity contribution in [3.05, 3.63) is 127 Å². The fourth-order valence-electron chi connectivity index (χ4n) is 6.13. The number of benzene rings is 3. The largest absolute Gasteiger partial charge is 0.384 e. The van der Waals surface area contributed by atoms with Crippen molar-refractivity contribution < 1.29 is 9.72 Å². The van der Waals surface area contributed by atoms with E-state index in [-0.39, 0.29) is 28.3 Å². The van der Waals surface area contributed by atoms with Crippen LogP contribution in [0.2, 0.25) is 0 Å². The molecule has 0 amide bonds. The minimum Gasteiger partial charge on any atom is -0.384 e. The summed E-state index contributed by atoms with van der Waals surface area (Å²) >= 11 is 1.83. The molecule has 0 saturated heterocycles. The average Bonchev–Trinajstić information content (AvgIpc) is 2.94. The SMILES string of the molecule is Cc1cc(CSCc2ccccc2)c(C)c(C2C(C#N)=C(N)N(c3cccc([N+](=O)[O-])c3)C3=C2C(=O)CC(C)(C)C3)c1. The maximum Gasteiger partial charge on any atom is 0.271 e. The predicted octanol–water partition coefficient (Wildman–Crippen LogP) is 7.59. The van der Waals surface area contributed by atoms with Gasteiger partial charge < -0.3 is 5.73 Å². The molecule has 8 heteroatoms. The molecule has 0 radical (unpaired) electrons. The van der Waals surface area contributed by atoms with Crippen LogP contribution in [0.1, 0.15) is 60.4 Å². The number of aryl methyl sites for hydroxylation is 1. The zero-order chi connectivity index (χ0) is 30.2. The van der Waals surface area contributed by atoms with E-state index >= 15 is 0 Å². The number of Topliss-reactive ketones (excluding diaryl/α,β-unsaturated/α-hetero) is 1. The first-order valence-electron chi connectivity index (χ1n) is 13.9. The number of allylic oxidation sites excluding steroid dienone is 3. The Labute approximate surface area is 250 Å². The maximum absolute atomic E-state index is 14.0. The van der Waals surface area contributed by atoms with Gasteiger partial charge in [0.05, 0.1) is 28.2 Å². The molecule has 1 heterocycles. The summed E-state index contributed by atoms with van der Waals surface area (Å²) in [6.45, 7) is 8.17. The Morgan fingerprint density at radius 2 is 1.81 bits per heavy atom. The summed E-state index contributed by atoms with van der Waals surface area (Å²) in [5, 5.41) is 22.1. The van der Waals surface area contributed by atoms with Gasteiger partial charge in [-0.3, -0.25) is 19.8 Å². The van der Waals surface area contributed by atoms with E-state index in [9.17, 15) is 20.2 Å². The molecule has 214 valence electrons. The lowest BCUT2D eigenvalue weighted by Crippen LogP contribution is -2.42. The van der Waals surface area contributed by atoms with E-state index in [2.05, 4.69) is 37.3 Å². The molecule has 1 atom stereocenters. The minimum absolute atomic E-state index is 0.0251. The average molecular weight is 579 g/mol. The molecule has 1 unspecified atom stereocenters. The number of rotatable bonds is 7. The summed E-state index contributed by atoms with van der Waals surface area (Å²) < 4.78 is 0. The highest BCUT2D eigenvalue weighted by atomic mass is 32.2. The van der Waals surface area contributed by atoms with Crippen molar-refractivity contribution in [1.82, 2.24) is 0 Å². The lowest BCUT2D eigenvalue weighted by molar-refractivity contribution is -0.384. The first-order chi connectivity index (χ1) is 20.0. The van der Waals surface area contributed by atoms with E-state index in [1.165, 1.54) is 17.7 Å². The van der Waals surface area contributed by atoms with Gasteiger partial charge in [-0.25, -0.2) is 0 Å². The molecule has 42 heavy (non-hydrogen) atoms. The monoisotopic (exact) mass is 578 g/mol. The van der Waals surface area contributed by atoms with Crippen molar-refractivity contribution in [2.75, 3.05) is 4.90 Å². The van der Waals surface area contributed by atoms with Crippen LogP contribution in [0.5, 0.6) is 0 Å². The van der Waals surface area contributed by atoms with Gasteiger partial charge in [-0.1, -0.05) is 67.9 Å². The number of nitriles is 1. The Balaban J connectivity index is 1.64. The third-order valence-electron chi connectivity index (χ3n) is 8.06. The number of nitrogens with zero attached hydrogens (tertiary/aromatic N) is 3. The number of hydrogen-bond acceptors (Lipinski definition) is 7. The number of nitrogens with two attached hydrogens (primary N) is 1. The molecule has 2 aliphatic rings. The molecule has 3 aromatic rings. The number of carbonyl (C=O) groups excluding carboxylic acids is 1. The van der Waals surface area contributed by atoms with Gasteiger partial charge in [0.2, 0.25) is 0 Å². The van der Waals surface area contributed by atoms with Gasteiger partial charge in [0, 0.05) is 41.3 Å². The van der Waals surface area contributed by atoms with Crippen molar-refractivity contribution in [2.45, 2.75) is 58.0 Å². The topological polar surface area (TPSA) is 113 Å². The smallest absolute Gasteiger partial charge is 0.271 e. The number of carbonyl (C=O) groups is 1. The second-order valence-corrected chi connectivity index (χ2v) is 12.9. The molecule has 0 bridgehead atoms. The van der Waals surface area contributed by atoms with Crippen LogP contribution < -0.4 is 10.6 Å². The molecule has 5 rings (SSSR count). The quantitative estimate of drug-likeness (QED) is 0.227. The summed E-state index contributed by atoms with van der Waals surface area (Å²) in [4.78, 5) is 26.8. The summed E-state index contributed by atoms with van der Waals surface area (Å²) in [6.07, 6.45) is 0.881. The van der Waals surface area contributed by atoms with Gasteiger partial charge in [0.1, 0.15) is 5.82 Å². The number of nitro benzene ring substituents is 1. The van der Waals surface area contributed by atoms with Crippen LogP contribution in [0, 0.1) is 40.7 Å². The highest BCUT2D eigenvalue weighted by Gasteiger charge is 2.45. The highest BCUT2D eigenvalue weighted by Crippen LogP contribution is 2.51. The number of non-ortho nitro benzene ring substituents is 1. The van der Waals surface area contributed by atoms with Crippen molar-refractivity contribution in [2.24, 2.45) is 11.1 Å². The van der Waals surface area contributed by atoms with Gasteiger partial charge in [-0.2, -0.15) is 17.0 Å². The number of hydrogen-bond donors (Lipinski definition) is 1. The molecule has 3 aromatic carbocycles. The second-order valence-electron chi connectivity index (χ2n) is 11.9. The standard InChI is InChI=1S/C34H34N4O3S/c1-21-13-24(20-42-19-23-9-6-5-7-10-23)22(2)27(14-21)31-28(18-35)33(36)37(25-11-8-12-26(15-25)38(40)41)29-16-34(3,4)17-30(39)32(29)31/h5-15,31H,16-17,19-20,36H2,1-4H3. The molecule has 0 fully saturated rings. The van der Waals surface area contributed by atoms with Gasteiger partial charge in [0.25, 0.3) is 5.69 Å². The van der Waals surface area contributed by atoms with Gasteiger partial charge >= 0.3 is 0 Å². The Kier molecular flexibility index (Phi) is 7.98. The lowest BCUT2D eigenvalue weighted by Gasteiger charge is -2.44. The normalized spacial score (nSPS) is 18.1. The summed E-state index contributed by atoms with van der Waals surface area (Å²) in [5.41, 5.74) is 13.8. The zero-order valence-electron chi connectivity index (χ0n) is 24.3. The number of ketones is 1. The van der Waals surface area contributed by atoms with Crippen LogP contribution in [0.15, 0.2) is 89.4 Å². The zero-order valence-corrected chi connectivity index (χ0v) is 25.1. The lowest BCUT2D eigenvalue weighted by atomic mass is 9.68. The molecule has 0 aromatic heterocycles. The molecular weight excluding hydrogens is 544 g/mol. The predicted molar refractivity (Wildman–Crippen MR) is 168 cm³/mol. The molecular formula is C34H34N4O3S. The molecule has 0 spiro atoms. The Bertz CT molecular complexity index is 1680. The van der Waals surface area contributed by atoms with E-state index in [0.29, 0.717) is 29.8 Å². The van der Waals surface area contributed by atoms with Crippen LogP contribution >= 0.6 is 11.8 Å². The molecule has 7 nitrogen and oxygen atoms in total. The van der Waals surface area contributed by atoms with Crippen LogP contribution in [0.4, 0.5) is 11.4 Å². The minimum atomic E-state index is -0.610. The van der Waals surface area contributed by atoms with E-state index in [4.69, 9.17) is 5.73 Å². The summed E-state index contributed by atoms with van der Waals surface area (Å²) in [6, 6.07) is 23.1. The number of anilines is 1. The molecule has 2 N–H and O–H groups in total. The molecule has 1 aliphatic carbocycles. The highest BCUT2D eigenvalue weighted by molar-refractivity contribution is 7.97. The fourth-order valence-corrected chi connectivity index (χ4v) is 7.18. The van der Waals surface area contributed by atoms with Gasteiger partial charge in [0.15, 0.2) is 5.78 Å². The van der Waals surface area contributed by atoms with Crippen molar-refractivity contribution >= 4 is 28.9 Å². The van der Waals surface area contributed by atoms with E-state index in [1.807, 2.05) is 50.7 Å². The fraction of sp³-hybridized carbons (Fsp3) is 0.294. The molecule has 0 saturated carbocycles. The van der Waals surface area contributed by atoms with Crippen LogP contribution in [-0.2, 0) is 16.3 Å². The Morgan fingerprint density at radius 3 is 2.50 bits per heavy atom. The van der Waals surface area contributed by atoms with E-state index < -0.39 is 10.8 Å². The van der Waals surface area contributed by atoms with Crippen LogP contribution in [0.25, 0.3) is 0 Å². The second kappa shape index (κ2) is 11.5. The Morgan fingerprint density at radius 1 is 1.07 bits per heavy atom. The van der Waals surface area contributed by atoms with Gasteiger partial charge in [-0.15, -0.1) is 0 Å². The van der Waals surface area contributed by atoms with Crippen molar-refractivity contribution in [3.8, 4) is 6.07 Å². The van der Waals surface area contributed by atoms with E-state index in [1.54, 1.807) is 17.0 Å². The van der Waals surface area contributed by atoms with Crippen LogP contribution in [-0.4, -0.2) is 10.7 Å². The maximum atomic E-state index is 14.0. The first kappa shape index (κ1) is 29.2. The molecule has 1 aliphatic heterocycles. The van der Waals surface area contributed by atoms with E-state index in [0.717, 1.165) is 33.8 Å². The number of thioether (sulfide) groups is 1. The van der Waals surface area contributed by atoms with Crippen molar-refractivity contribution in [3.63, 3.8) is 0 Å². The summed E-state index contributed by atoms with van der Waals surface area (Å²) in [7, 11) is 0. The van der Waals surface area contributed by atoms with Crippen LogP contribution in [0.3, 0.4) is 0 Å². The third kappa shape index (κ3) is 5.57. The van der Waals surface area contributed by atoms with Crippen molar-refractivity contribution in [1.29, 1.82) is 5.26 Å². The first-order valence-corrected chi connectivity index (χ1v) is 15.1. The third-order valence-corrected chi connectivity index (χ3v) is 9.11. The van der Waals surface area contributed by atoms with Gasteiger partial charge in [-0.05, 0) is 54.0 Å². The Hall–Kier alpha value is -4.35. The number of nitro groups is 1.